The van der Waals surface area contributed by atoms with E-state index in [9.17, 15) is 0 Å². The molecule has 0 aromatic rings. The summed E-state index contributed by atoms with van der Waals surface area (Å²) in [6.07, 6.45) is 8.24. The van der Waals surface area contributed by atoms with Crippen LogP contribution >= 0.6 is 0 Å². The fraction of sp³-hybridized carbons (Fsp3) is 1.00. The van der Waals surface area contributed by atoms with Crippen LogP contribution in [0.4, 0.5) is 0 Å². The molecule has 96 valence electrons. The van der Waals surface area contributed by atoms with Crippen LogP contribution < -0.4 is 5.32 Å². The molecule has 1 aliphatic rings. The second-order valence-corrected chi connectivity index (χ2v) is 5.14. The molecule has 0 aromatic heterocycles. The third-order valence-corrected chi connectivity index (χ3v) is 3.72. The van der Waals surface area contributed by atoms with Gasteiger partial charge in [-0.05, 0) is 44.6 Å². The molecule has 3 unspecified atom stereocenters. The van der Waals surface area contributed by atoms with Crippen LogP contribution in [0.25, 0.3) is 0 Å². The van der Waals surface area contributed by atoms with Crippen LogP contribution in [0.3, 0.4) is 0 Å². The highest BCUT2D eigenvalue weighted by Gasteiger charge is 2.20. The van der Waals surface area contributed by atoms with Gasteiger partial charge in [-0.3, -0.25) is 0 Å². The van der Waals surface area contributed by atoms with Crippen LogP contribution in [0.2, 0.25) is 0 Å². The number of hydrogen-bond acceptors (Lipinski definition) is 2. The van der Waals surface area contributed by atoms with Crippen LogP contribution in [-0.2, 0) is 4.74 Å². The smallest absolute Gasteiger partial charge is 0.0576 e. The zero-order chi connectivity index (χ0) is 11.8. The third-order valence-electron chi connectivity index (χ3n) is 3.72. The Morgan fingerprint density at radius 1 is 1.31 bits per heavy atom. The molecular weight excluding hydrogens is 198 g/mol. The van der Waals surface area contributed by atoms with Crippen molar-refractivity contribution >= 4 is 0 Å². The minimum atomic E-state index is 0.551. The average molecular weight is 227 g/mol. The number of rotatable bonds is 8. The Bertz CT molecular complexity index is 166. The van der Waals surface area contributed by atoms with Crippen molar-refractivity contribution in [3.8, 4) is 0 Å². The minimum absolute atomic E-state index is 0.551. The van der Waals surface area contributed by atoms with Gasteiger partial charge in [0, 0.05) is 12.6 Å². The quantitative estimate of drug-likeness (QED) is 0.686. The van der Waals surface area contributed by atoms with Gasteiger partial charge < -0.3 is 10.1 Å². The van der Waals surface area contributed by atoms with Crippen LogP contribution in [0.1, 0.15) is 59.3 Å². The van der Waals surface area contributed by atoms with Crippen LogP contribution in [0.15, 0.2) is 0 Å². The lowest BCUT2D eigenvalue weighted by atomic mass is 9.92. The van der Waals surface area contributed by atoms with Gasteiger partial charge in [0.25, 0.3) is 0 Å². The summed E-state index contributed by atoms with van der Waals surface area (Å²) in [4.78, 5) is 0. The highest BCUT2D eigenvalue weighted by atomic mass is 16.5. The van der Waals surface area contributed by atoms with Crippen molar-refractivity contribution in [1.29, 1.82) is 0 Å². The zero-order valence-corrected chi connectivity index (χ0v) is 11.3. The van der Waals surface area contributed by atoms with Crippen molar-refractivity contribution in [2.45, 2.75) is 71.4 Å². The summed E-state index contributed by atoms with van der Waals surface area (Å²) in [6, 6.07) is 0.689. The molecule has 2 heteroatoms. The Labute approximate surface area is 101 Å². The van der Waals surface area contributed by atoms with Crippen molar-refractivity contribution in [3.05, 3.63) is 0 Å². The number of nitrogens with one attached hydrogen (secondary N) is 1. The molecular formula is C14H29NO. The van der Waals surface area contributed by atoms with Gasteiger partial charge in [0.05, 0.1) is 6.10 Å². The first kappa shape index (κ1) is 14.0. The summed E-state index contributed by atoms with van der Waals surface area (Å²) in [5.41, 5.74) is 0. The third kappa shape index (κ3) is 4.84. The van der Waals surface area contributed by atoms with E-state index in [1.54, 1.807) is 0 Å². The number of hydrogen-bond donors (Lipinski definition) is 1. The molecule has 1 heterocycles. The van der Waals surface area contributed by atoms with Crippen molar-refractivity contribution in [3.63, 3.8) is 0 Å². The molecule has 0 aromatic carbocycles. The molecule has 0 radical (unpaired) electrons. The topological polar surface area (TPSA) is 21.3 Å². The minimum Gasteiger partial charge on any atom is -0.378 e. The molecule has 16 heavy (non-hydrogen) atoms. The molecule has 2 nitrogen and oxygen atoms in total. The van der Waals surface area contributed by atoms with Gasteiger partial charge >= 0.3 is 0 Å². The van der Waals surface area contributed by atoms with E-state index in [1.807, 2.05) is 0 Å². The van der Waals surface area contributed by atoms with E-state index in [-0.39, 0.29) is 0 Å². The molecule has 0 saturated carbocycles. The summed E-state index contributed by atoms with van der Waals surface area (Å²) >= 11 is 0. The Kier molecular flexibility index (Phi) is 7.06. The Morgan fingerprint density at radius 3 is 2.69 bits per heavy atom. The molecule has 1 aliphatic heterocycles. The summed E-state index contributed by atoms with van der Waals surface area (Å²) in [7, 11) is 0. The van der Waals surface area contributed by atoms with E-state index in [0.717, 1.165) is 19.1 Å². The molecule has 3 atom stereocenters. The first-order valence-corrected chi connectivity index (χ1v) is 7.12. The predicted octanol–water partition coefficient (Wildman–Crippen LogP) is 3.36. The largest absolute Gasteiger partial charge is 0.378 e. The first-order valence-electron chi connectivity index (χ1n) is 7.12. The van der Waals surface area contributed by atoms with Gasteiger partial charge in [-0.15, -0.1) is 0 Å². The lowest BCUT2D eigenvalue weighted by Gasteiger charge is -2.25. The first-order chi connectivity index (χ1) is 7.77. The lowest BCUT2D eigenvalue weighted by molar-refractivity contribution is 0.0973. The molecule has 0 spiro atoms. The van der Waals surface area contributed by atoms with E-state index in [4.69, 9.17) is 4.74 Å². The maximum Gasteiger partial charge on any atom is 0.0576 e. The second kappa shape index (κ2) is 8.08. The zero-order valence-electron chi connectivity index (χ0n) is 11.3. The SMILES string of the molecule is CCCC(C)C(CCC1CCCO1)NCC. The van der Waals surface area contributed by atoms with Gasteiger partial charge in [0.2, 0.25) is 0 Å². The molecule has 1 N–H and O–H groups in total. The monoisotopic (exact) mass is 227 g/mol. The molecule has 1 saturated heterocycles. The van der Waals surface area contributed by atoms with Crippen molar-refractivity contribution in [2.24, 2.45) is 5.92 Å². The predicted molar refractivity (Wildman–Crippen MR) is 69.7 cm³/mol. The number of ether oxygens (including phenoxy) is 1. The Balaban J connectivity index is 2.25. The molecule has 0 bridgehead atoms. The van der Waals surface area contributed by atoms with Crippen LogP contribution in [0, 0.1) is 5.92 Å². The van der Waals surface area contributed by atoms with Crippen molar-refractivity contribution in [2.75, 3.05) is 13.2 Å². The molecule has 1 fully saturated rings. The van der Waals surface area contributed by atoms with E-state index in [0.29, 0.717) is 12.1 Å². The maximum atomic E-state index is 5.69. The van der Waals surface area contributed by atoms with Crippen LogP contribution in [0.5, 0.6) is 0 Å². The van der Waals surface area contributed by atoms with Gasteiger partial charge in [-0.1, -0.05) is 27.2 Å². The van der Waals surface area contributed by atoms with E-state index >= 15 is 0 Å². The fourth-order valence-electron chi connectivity index (χ4n) is 2.74. The normalized spacial score (nSPS) is 24.6. The van der Waals surface area contributed by atoms with Gasteiger partial charge in [0.15, 0.2) is 0 Å². The molecule has 0 aliphatic carbocycles. The van der Waals surface area contributed by atoms with Crippen LogP contribution in [-0.4, -0.2) is 25.3 Å². The second-order valence-electron chi connectivity index (χ2n) is 5.14. The van der Waals surface area contributed by atoms with Gasteiger partial charge in [-0.25, -0.2) is 0 Å². The lowest BCUT2D eigenvalue weighted by Crippen LogP contribution is -2.35. The Hall–Kier alpha value is -0.0800. The van der Waals surface area contributed by atoms with Crippen molar-refractivity contribution < 1.29 is 4.74 Å². The maximum absolute atomic E-state index is 5.69. The summed E-state index contributed by atoms with van der Waals surface area (Å²) in [6.45, 7) is 8.94. The molecule has 0 amide bonds. The van der Waals surface area contributed by atoms with E-state index in [2.05, 4.69) is 26.1 Å². The fourth-order valence-corrected chi connectivity index (χ4v) is 2.74. The summed E-state index contributed by atoms with van der Waals surface area (Å²) in [5.74, 6) is 0.798. The van der Waals surface area contributed by atoms with E-state index < -0.39 is 0 Å². The molecule has 1 rings (SSSR count). The average Bonchev–Trinajstić information content (AvgIpc) is 2.77. The standard InChI is InChI=1S/C14H29NO/c1-4-7-12(3)14(15-5-2)10-9-13-8-6-11-16-13/h12-15H,4-11H2,1-3H3. The van der Waals surface area contributed by atoms with Gasteiger partial charge in [0.1, 0.15) is 0 Å². The van der Waals surface area contributed by atoms with Crippen molar-refractivity contribution in [1.82, 2.24) is 5.32 Å². The Morgan fingerprint density at radius 2 is 2.12 bits per heavy atom. The highest BCUT2D eigenvalue weighted by Crippen LogP contribution is 2.21. The summed E-state index contributed by atoms with van der Waals surface area (Å²) in [5, 5.41) is 3.64. The van der Waals surface area contributed by atoms with Gasteiger partial charge in [-0.2, -0.15) is 0 Å². The highest BCUT2D eigenvalue weighted by molar-refractivity contribution is 4.76. The summed E-state index contributed by atoms with van der Waals surface area (Å²) < 4.78 is 5.69. The van der Waals surface area contributed by atoms with E-state index in [1.165, 1.54) is 38.5 Å².